The molecular formula is C14H31NO2S. The van der Waals surface area contributed by atoms with E-state index >= 15 is 0 Å². The lowest BCUT2D eigenvalue weighted by molar-refractivity contribution is 0.288. The van der Waals surface area contributed by atoms with Crippen LogP contribution in [0.15, 0.2) is 0 Å². The molecule has 4 heteroatoms. The van der Waals surface area contributed by atoms with E-state index in [1.54, 1.807) is 0 Å². The van der Waals surface area contributed by atoms with Crippen molar-refractivity contribution in [3.63, 3.8) is 0 Å². The van der Waals surface area contributed by atoms with Gasteiger partial charge in [0.15, 0.2) is 9.84 Å². The Morgan fingerprint density at radius 1 is 1.11 bits per heavy atom. The van der Waals surface area contributed by atoms with Crippen LogP contribution < -0.4 is 5.32 Å². The summed E-state index contributed by atoms with van der Waals surface area (Å²) in [7, 11) is -2.97. The van der Waals surface area contributed by atoms with Crippen molar-refractivity contribution in [3.8, 4) is 0 Å². The Bertz CT molecular complexity index is 317. The van der Waals surface area contributed by atoms with E-state index in [2.05, 4.69) is 33.0 Å². The van der Waals surface area contributed by atoms with Gasteiger partial charge in [0, 0.05) is 6.04 Å². The highest BCUT2D eigenvalue weighted by Crippen LogP contribution is 2.21. The fourth-order valence-electron chi connectivity index (χ4n) is 1.81. The molecular weight excluding hydrogens is 246 g/mol. The molecule has 2 unspecified atom stereocenters. The van der Waals surface area contributed by atoms with Crippen LogP contribution >= 0.6 is 0 Å². The lowest BCUT2D eigenvalue weighted by Crippen LogP contribution is -2.46. The van der Waals surface area contributed by atoms with Gasteiger partial charge in [-0.15, -0.1) is 0 Å². The van der Waals surface area contributed by atoms with E-state index in [9.17, 15) is 8.42 Å². The van der Waals surface area contributed by atoms with Crippen LogP contribution in [-0.2, 0) is 9.84 Å². The average Bonchev–Trinajstić information content (AvgIpc) is 2.21. The zero-order chi connectivity index (χ0) is 14.4. The van der Waals surface area contributed by atoms with Gasteiger partial charge >= 0.3 is 0 Å². The van der Waals surface area contributed by atoms with Crippen LogP contribution in [0.25, 0.3) is 0 Å². The molecule has 0 aliphatic heterocycles. The third kappa shape index (κ3) is 7.37. The first kappa shape index (κ1) is 17.9. The summed E-state index contributed by atoms with van der Waals surface area (Å²) in [4.78, 5) is 0. The first-order valence-electron chi connectivity index (χ1n) is 7.06. The number of nitrogens with one attached hydrogen (secondary N) is 1. The Morgan fingerprint density at radius 2 is 1.67 bits per heavy atom. The van der Waals surface area contributed by atoms with Crippen molar-refractivity contribution < 1.29 is 8.42 Å². The van der Waals surface area contributed by atoms with Crippen LogP contribution in [-0.4, -0.2) is 32.5 Å². The van der Waals surface area contributed by atoms with Gasteiger partial charge in [-0.3, -0.25) is 0 Å². The van der Waals surface area contributed by atoms with Crippen LogP contribution in [0.5, 0.6) is 0 Å². The maximum atomic E-state index is 12.2. The Kier molecular flexibility index (Phi) is 7.45. The molecule has 0 aliphatic rings. The second-order valence-corrected chi connectivity index (χ2v) is 8.62. The molecule has 2 atom stereocenters. The maximum absolute atomic E-state index is 12.2. The highest BCUT2D eigenvalue weighted by Gasteiger charge is 2.29. The van der Waals surface area contributed by atoms with Crippen LogP contribution in [0.4, 0.5) is 0 Å². The molecule has 0 rings (SSSR count). The lowest BCUT2D eigenvalue weighted by atomic mass is 9.88. The summed E-state index contributed by atoms with van der Waals surface area (Å²) < 4.78 is 24.4. The van der Waals surface area contributed by atoms with Gasteiger partial charge in [-0.2, -0.15) is 0 Å². The Balaban J connectivity index is 4.66. The Morgan fingerprint density at radius 3 is 2.06 bits per heavy atom. The molecule has 0 aromatic heterocycles. The van der Waals surface area contributed by atoms with Crippen molar-refractivity contribution in [2.45, 2.75) is 60.4 Å². The Labute approximate surface area is 114 Å². The smallest absolute Gasteiger partial charge is 0.152 e. The summed E-state index contributed by atoms with van der Waals surface area (Å²) >= 11 is 0. The second kappa shape index (κ2) is 7.49. The summed E-state index contributed by atoms with van der Waals surface area (Å²) in [5.41, 5.74) is -0.0301. The van der Waals surface area contributed by atoms with Crippen molar-refractivity contribution in [3.05, 3.63) is 0 Å². The molecule has 0 saturated carbocycles. The third-order valence-corrected chi connectivity index (χ3v) is 5.26. The molecule has 0 aliphatic carbocycles. The van der Waals surface area contributed by atoms with Crippen molar-refractivity contribution >= 4 is 9.84 Å². The minimum atomic E-state index is -2.97. The van der Waals surface area contributed by atoms with E-state index in [0.29, 0.717) is 5.75 Å². The van der Waals surface area contributed by atoms with E-state index < -0.39 is 9.84 Å². The second-order valence-electron chi connectivity index (χ2n) is 6.46. The number of hydrogen-bond donors (Lipinski definition) is 1. The predicted octanol–water partition coefficient (Wildman–Crippen LogP) is 2.86. The van der Waals surface area contributed by atoms with Crippen LogP contribution in [0, 0.1) is 11.3 Å². The summed E-state index contributed by atoms with van der Waals surface area (Å²) in [5.74, 6) is 0.812. The first-order valence-corrected chi connectivity index (χ1v) is 8.88. The largest absolute Gasteiger partial charge is 0.312 e. The highest BCUT2D eigenvalue weighted by atomic mass is 32.2. The van der Waals surface area contributed by atoms with Crippen LogP contribution in [0.2, 0.25) is 0 Å². The zero-order valence-electron chi connectivity index (χ0n) is 12.9. The normalized spacial score (nSPS) is 16.6. The van der Waals surface area contributed by atoms with E-state index in [1.807, 2.05) is 13.8 Å². The predicted molar refractivity (Wildman–Crippen MR) is 79.6 cm³/mol. The number of sulfone groups is 1. The fourth-order valence-corrected chi connectivity index (χ4v) is 4.17. The van der Waals surface area contributed by atoms with Crippen LogP contribution in [0.1, 0.15) is 54.4 Å². The van der Waals surface area contributed by atoms with Gasteiger partial charge in [0.2, 0.25) is 0 Å². The molecule has 0 bridgehead atoms. The van der Waals surface area contributed by atoms with Gasteiger partial charge in [0.1, 0.15) is 0 Å². The molecule has 0 aromatic carbocycles. The number of hydrogen-bond acceptors (Lipinski definition) is 3. The summed E-state index contributed by atoms with van der Waals surface area (Å²) in [6, 6.07) is 0.0338. The standard InChI is InChI=1S/C14H31NO2S/c1-7-9-15-13(14(4,5)6)11-18(16,17)10-12(3)8-2/h12-13,15H,7-11H2,1-6H3. The quantitative estimate of drug-likeness (QED) is 0.742. The van der Waals surface area contributed by atoms with Gasteiger partial charge in [-0.05, 0) is 24.3 Å². The third-order valence-electron chi connectivity index (χ3n) is 3.34. The lowest BCUT2D eigenvalue weighted by Gasteiger charge is -2.31. The zero-order valence-corrected chi connectivity index (χ0v) is 13.7. The van der Waals surface area contributed by atoms with E-state index in [0.717, 1.165) is 19.4 Å². The van der Waals surface area contributed by atoms with Crippen molar-refractivity contribution in [2.24, 2.45) is 11.3 Å². The van der Waals surface area contributed by atoms with Gasteiger partial charge < -0.3 is 5.32 Å². The molecule has 110 valence electrons. The van der Waals surface area contributed by atoms with Gasteiger partial charge in [0.25, 0.3) is 0 Å². The molecule has 0 heterocycles. The molecule has 0 aromatic rings. The Hall–Kier alpha value is -0.0900. The molecule has 0 saturated heterocycles. The molecule has 18 heavy (non-hydrogen) atoms. The maximum Gasteiger partial charge on any atom is 0.152 e. The summed E-state index contributed by atoms with van der Waals surface area (Å²) in [6.45, 7) is 13.3. The highest BCUT2D eigenvalue weighted by molar-refractivity contribution is 7.91. The van der Waals surface area contributed by atoms with Gasteiger partial charge in [-0.1, -0.05) is 48.0 Å². The SMILES string of the molecule is CCCNC(CS(=O)(=O)CC(C)CC)C(C)(C)C. The van der Waals surface area contributed by atoms with Crippen LogP contribution in [0.3, 0.4) is 0 Å². The molecule has 1 N–H and O–H groups in total. The average molecular weight is 277 g/mol. The molecule has 3 nitrogen and oxygen atoms in total. The minimum Gasteiger partial charge on any atom is -0.312 e. The summed E-state index contributed by atoms with van der Waals surface area (Å²) in [5, 5.41) is 3.38. The van der Waals surface area contributed by atoms with Crippen molar-refractivity contribution in [1.29, 1.82) is 0 Å². The number of rotatable bonds is 8. The van der Waals surface area contributed by atoms with Gasteiger partial charge in [-0.25, -0.2) is 8.42 Å². The van der Waals surface area contributed by atoms with Gasteiger partial charge in [0.05, 0.1) is 11.5 Å². The molecule has 0 fully saturated rings. The van der Waals surface area contributed by atoms with Crippen molar-refractivity contribution in [2.75, 3.05) is 18.1 Å². The summed E-state index contributed by atoms with van der Waals surface area (Å²) in [6.07, 6.45) is 1.94. The van der Waals surface area contributed by atoms with E-state index in [4.69, 9.17) is 0 Å². The first-order chi connectivity index (χ1) is 8.12. The molecule has 0 radical (unpaired) electrons. The monoisotopic (exact) mass is 277 g/mol. The van der Waals surface area contributed by atoms with E-state index in [1.165, 1.54) is 0 Å². The topological polar surface area (TPSA) is 46.2 Å². The fraction of sp³-hybridized carbons (Fsp3) is 1.00. The van der Waals surface area contributed by atoms with E-state index in [-0.39, 0.29) is 23.1 Å². The molecule has 0 spiro atoms. The minimum absolute atomic E-state index is 0.0301. The van der Waals surface area contributed by atoms with Crippen molar-refractivity contribution in [1.82, 2.24) is 5.32 Å². The molecule has 0 amide bonds.